The summed E-state index contributed by atoms with van der Waals surface area (Å²) >= 11 is 1.17. The number of aryl methyl sites for hydroxylation is 1. The molecule has 0 fully saturated rings. The minimum atomic E-state index is -0.633. The fourth-order valence-electron chi connectivity index (χ4n) is 3.35. The zero-order valence-electron chi connectivity index (χ0n) is 17.3. The summed E-state index contributed by atoms with van der Waals surface area (Å²) < 4.78 is 25.9. The van der Waals surface area contributed by atoms with Gasteiger partial charge in [-0.1, -0.05) is 49.9 Å². The van der Waals surface area contributed by atoms with Gasteiger partial charge in [0.25, 0.3) is 0 Å². The van der Waals surface area contributed by atoms with Gasteiger partial charge in [0, 0.05) is 21.7 Å². The predicted octanol–water partition coefficient (Wildman–Crippen LogP) is 6.72. The van der Waals surface area contributed by atoms with E-state index < -0.39 is 11.8 Å². The first-order valence-electron chi connectivity index (χ1n) is 9.97. The van der Waals surface area contributed by atoms with Crippen molar-refractivity contribution < 1.29 is 23.5 Å². The van der Waals surface area contributed by atoms with Gasteiger partial charge in [-0.05, 0) is 42.3 Å². The third-order valence-corrected chi connectivity index (χ3v) is 6.03. The third-order valence-electron chi connectivity index (χ3n) is 4.89. The molecule has 0 saturated heterocycles. The minimum Gasteiger partial charge on any atom is -0.451 e. The van der Waals surface area contributed by atoms with Gasteiger partial charge in [-0.3, -0.25) is 4.79 Å². The van der Waals surface area contributed by atoms with Crippen LogP contribution in [0.5, 0.6) is 17.2 Å². The maximum atomic E-state index is 13.9. The second kappa shape index (κ2) is 9.16. The van der Waals surface area contributed by atoms with Crippen molar-refractivity contribution >= 4 is 33.2 Å². The lowest BCUT2D eigenvalue weighted by atomic mass is 10.0. The van der Waals surface area contributed by atoms with Gasteiger partial charge in [0.1, 0.15) is 10.7 Å². The van der Waals surface area contributed by atoms with E-state index in [1.165, 1.54) is 23.5 Å². The van der Waals surface area contributed by atoms with Crippen molar-refractivity contribution in [3.05, 3.63) is 101 Å². The number of carbonyl (C=O) groups is 2. The maximum absolute atomic E-state index is 13.9. The van der Waals surface area contributed by atoms with Gasteiger partial charge in [-0.2, -0.15) is 0 Å². The van der Waals surface area contributed by atoms with Crippen LogP contribution in [0.4, 0.5) is 4.39 Å². The Kier molecular flexibility index (Phi) is 6.14. The molecule has 1 aromatic heterocycles. The van der Waals surface area contributed by atoms with Crippen molar-refractivity contribution in [1.82, 2.24) is 0 Å². The Morgan fingerprint density at radius 1 is 1.03 bits per heavy atom. The summed E-state index contributed by atoms with van der Waals surface area (Å²) in [5.41, 5.74) is 1.48. The molecule has 0 atom stereocenters. The SMILES string of the molecule is C=CC(=O)Oc1ccccc1Oc1c(C(=O)c2ccccc2CC)sc2cc(F)ccc12. The molecule has 0 aliphatic heterocycles. The Hall–Kier alpha value is -3.77. The number of thiophene rings is 1. The molecule has 4 rings (SSSR count). The highest BCUT2D eigenvalue weighted by atomic mass is 32.1. The third kappa shape index (κ3) is 4.18. The zero-order chi connectivity index (χ0) is 22.7. The Morgan fingerprint density at radius 3 is 2.50 bits per heavy atom. The molecule has 4 aromatic rings. The van der Waals surface area contributed by atoms with Crippen LogP contribution in [0, 0.1) is 5.82 Å². The molecule has 160 valence electrons. The number of rotatable bonds is 7. The first-order valence-corrected chi connectivity index (χ1v) is 10.8. The van der Waals surface area contributed by atoms with E-state index in [9.17, 15) is 14.0 Å². The van der Waals surface area contributed by atoms with Gasteiger partial charge in [-0.25, -0.2) is 9.18 Å². The summed E-state index contributed by atoms with van der Waals surface area (Å²) in [4.78, 5) is 25.6. The predicted molar refractivity (Wildman–Crippen MR) is 123 cm³/mol. The van der Waals surface area contributed by atoms with Crippen LogP contribution < -0.4 is 9.47 Å². The molecule has 0 aliphatic rings. The van der Waals surface area contributed by atoms with Crippen LogP contribution in [0.3, 0.4) is 0 Å². The van der Waals surface area contributed by atoms with Crippen molar-refractivity contribution in [2.24, 2.45) is 0 Å². The summed E-state index contributed by atoms with van der Waals surface area (Å²) in [6.45, 7) is 5.38. The van der Waals surface area contributed by atoms with E-state index in [4.69, 9.17) is 9.47 Å². The van der Waals surface area contributed by atoms with Crippen LogP contribution in [-0.4, -0.2) is 11.8 Å². The lowest BCUT2D eigenvalue weighted by Crippen LogP contribution is -2.06. The van der Waals surface area contributed by atoms with Crippen molar-refractivity contribution in [3.63, 3.8) is 0 Å². The highest BCUT2D eigenvalue weighted by molar-refractivity contribution is 7.21. The highest BCUT2D eigenvalue weighted by Gasteiger charge is 2.24. The number of para-hydroxylation sites is 2. The van der Waals surface area contributed by atoms with Crippen LogP contribution in [0.25, 0.3) is 10.1 Å². The second-order valence-electron chi connectivity index (χ2n) is 6.91. The average molecular weight is 446 g/mol. The molecule has 0 N–H and O–H groups in total. The number of ether oxygens (including phenoxy) is 2. The first-order chi connectivity index (χ1) is 15.5. The smallest absolute Gasteiger partial charge is 0.335 e. The van der Waals surface area contributed by atoms with Gasteiger partial charge in [-0.15, -0.1) is 11.3 Å². The summed E-state index contributed by atoms with van der Waals surface area (Å²) in [7, 11) is 0. The van der Waals surface area contributed by atoms with Crippen LogP contribution >= 0.6 is 11.3 Å². The fourth-order valence-corrected chi connectivity index (χ4v) is 4.46. The Balaban J connectivity index is 1.86. The van der Waals surface area contributed by atoms with Crippen molar-refractivity contribution in [1.29, 1.82) is 0 Å². The Labute approximate surface area is 188 Å². The number of ketones is 1. The molecule has 4 nitrogen and oxygen atoms in total. The van der Waals surface area contributed by atoms with E-state index in [0.29, 0.717) is 32.7 Å². The summed E-state index contributed by atoms with van der Waals surface area (Å²) in [5, 5.41) is 0.596. The maximum Gasteiger partial charge on any atom is 0.335 e. The highest BCUT2D eigenvalue weighted by Crippen LogP contribution is 2.43. The molecule has 0 bridgehead atoms. The van der Waals surface area contributed by atoms with E-state index in [1.54, 1.807) is 36.4 Å². The molecule has 3 aromatic carbocycles. The number of fused-ring (bicyclic) bond motifs is 1. The molecule has 0 radical (unpaired) electrons. The number of halogens is 1. The largest absolute Gasteiger partial charge is 0.451 e. The quantitative estimate of drug-likeness (QED) is 0.137. The van der Waals surface area contributed by atoms with E-state index in [0.717, 1.165) is 11.6 Å². The van der Waals surface area contributed by atoms with Gasteiger partial charge in [0.15, 0.2) is 17.2 Å². The minimum absolute atomic E-state index is 0.186. The van der Waals surface area contributed by atoms with Crippen molar-refractivity contribution in [2.75, 3.05) is 0 Å². The van der Waals surface area contributed by atoms with Crippen LogP contribution in [0.2, 0.25) is 0 Å². The number of esters is 1. The van der Waals surface area contributed by atoms with Crippen LogP contribution in [-0.2, 0) is 11.2 Å². The Morgan fingerprint density at radius 2 is 1.75 bits per heavy atom. The molecule has 32 heavy (non-hydrogen) atoms. The van der Waals surface area contributed by atoms with Crippen LogP contribution in [0.1, 0.15) is 27.7 Å². The molecule has 0 saturated carbocycles. The molecule has 0 spiro atoms. The van der Waals surface area contributed by atoms with E-state index >= 15 is 0 Å². The summed E-state index contributed by atoms with van der Waals surface area (Å²) in [6, 6.07) is 18.3. The molecule has 0 aliphatic carbocycles. The number of hydrogen-bond acceptors (Lipinski definition) is 5. The Bertz CT molecular complexity index is 1340. The van der Waals surface area contributed by atoms with E-state index in [1.807, 2.05) is 25.1 Å². The molecule has 0 unspecified atom stereocenters. The monoisotopic (exact) mass is 446 g/mol. The van der Waals surface area contributed by atoms with Crippen molar-refractivity contribution in [3.8, 4) is 17.2 Å². The number of benzene rings is 3. The van der Waals surface area contributed by atoms with Gasteiger partial charge >= 0.3 is 5.97 Å². The number of carbonyl (C=O) groups excluding carboxylic acids is 2. The summed E-state index contributed by atoms with van der Waals surface area (Å²) in [6.07, 6.45) is 1.74. The van der Waals surface area contributed by atoms with Crippen molar-refractivity contribution in [2.45, 2.75) is 13.3 Å². The lowest BCUT2D eigenvalue weighted by molar-refractivity contribution is -0.129. The average Bonchev–Trinajstić information content (AvgIpc) is 3.16. The van der Waals surface area contributed by atoms with E-state index in [2.05, 4.69) is 6.58 Å². The fraction of sp³-hybridized carbons (Fsp3) is 0.0769. The molecule has 1 heterocycles. The normalized spacial score (nSPS) is 10.7. The molecular formula is C26H19FO4S. The topological polar surface area (TPSA) is 52.6 Å². The molecule has 6 heteroatoms. The number of hydrogen-bond donors (Lipinski definition) is 0. The molecule has 0 amide bonds. The standard InChI is InChI=1S/C26H19FO4S/c1-3-16-9-5-6-10-18(16)24(29)26-25(19-14-13-17(27)15-22(19)32-26)31-21-12-8-7-11-20(21)30-23(28)4-2/h4-15H,2-3H2,1H3. The van der Waals surface area contributed by atoms with E-state index in [-0.39, 0.29) is 17.3 Å². The van der Waals surface area contributed by atoms with Crippen LogP contribution in [0.15, 0.2) is 79.4 Å². The van der Waals surface area contributed by atoms with Gasteiger partial charge in [0.2, 0.25) is 5.78 Å². The summed E-state index contributed by atoms with van der Waals surface area (Å²) in [5.74, 6) is -0.511. The van der Waals surface area contributed by atoms with Gasteiger partial charge in [0.05, 0.1) is 0 Å². The second-order valence-corrected chi connectivity index (χ2v) is 7.97. The molecular weight excluding hydrogens is 427 g/mol. The zero-order valence-corrected chi connectivity index (χ0v) is 18.1. The van der Waals surface area contributed by atoms with Gasteiger partial charge < -0.3 is 9.47 Å². The first kappa shape index (κ1) is 21.5. The lowest BCUT2D eigenvalue weighted by Gasteiger charge is -2.12.